The molecule has 0 spiro atoms. The minimum atomic E-state index is 0.172. The van der Waals surface area contributed by atoms with Gasteiger partial charge in [0.1, 0.15) is 0 Å². The van der Waals surface area contributed by atoms with Gasteiger partial charge in [0.05, 0.1) is 0 Å². The van der Waals surface area contributed by atoms with Gasteiger partial charge < -0.3 is 11.1 Å². The maximum atomic E-state index is 6.25. The highest BCUT2D eigenvalue weighted by molar-refractivity contribution is 7.99. The summed E-state index contributed by atoms with van der Waals surface area (Å²) in [5.74, 6) is 1.12. The predicted molar refractivity (Wildman–Crippen MR) is 75.4 cm³/mol. The van der Waals surface area contributed by atoms with Crippen LogP contribution in [0.1, 0.15) is 37.8 Å². The highest BCUT2D eigenvalue weighted by atomic mass is 32.2. The van der Waals surface area contributed by atoms with Gasteiger partial charge in [0.15, 0.2) is 0 Å². The number of hydrogen-bond donors (Lipinski definition) is 2. The molecule has 0 radical (unpaired) electrons. The van der Waals surface area contributed by atoms with E-state index in [1.807, 2.05) is 11.8 Å². The summed E-state index contributed by atoms with van der Waals surface area (Å²) in [5.41, 5.74) is 7.52. The summed E-state index contributed by atoms with van der Waals surface area (Å²) in [4.78, 5) is 1.34. The van der Waals surface area contributed by atoms with Gasteiger partial charge in [-0.3, -0.25) is 0 Å². The maximum absolute atomic E-state index is 6.25. The van der Waals surface area contributed by atoms with E-state index in [0.29, 0.717) is 6.04 Å². The molecule has 1 aromatic carbocycles. The van der Waals surface area contributed by atoms with Crippen LogP contribution in [0.3, 0.4) is 0 Å². The molecule has 2 rings (SSSR count). The van der Waals surface area contributed by atoms with Crippen LogP contribution in [0.5, 0.6) is 0 Å². The standard InChI is InChI=1S/C14H22N2S/c1-2-17-13-7-5-11(6-8-13)14(15)10-12-4-3-9-16-12/h5-8,12,14,16H,2-4,9-10,15H2,1H3. The first-order valence-electron chi connectivity index (χ1n) is 6.51. The molecule has 0 amide bonds. The van der Waals surface area contributed by atoms with Crippen molar-refractivity contribution in [3.8, 4) is 0 Å². The van der Waals surface area contributed by atoms with E-state index in [2.05, 4.69) is 36.5 Å². The number of benzene rings is 1. The number of nitrogens with one attached hydrogen (secondary N) is 1. The molecule has 2 unspecified atom stereocenters. The second-order valence-electron chi connectivity index (χ2n) is 4.64. The Balaban J connectivity index is 1.91. The summed E-state index contributed by atoms with van der Waals surface area (Å²) in [5, 5.41) is 3.50. The summed E-state index contributed by atoms with van der Waals surface area (Å²) in [6.45, 7) is 3.33. The first-order valence-corrected chi connectivity index (χ1v) is 7.50. The Hall–Kier alpha value is -0.510. The lowest BCUT2D eigenvalue weighted by Crippen LogP contribution is -2.26. The topological polar surface area (TPSA) is 38.0 Å². The molecule has 94 valence electrons. The fraction of sp³-hybridized carbons (Fsp3) is 0.571. The molecule has 0 aliphatic carbocycles. The molecule has 3 N–H and O–H groups in total. The number of thioether (sulfide) groups is 1. The third-order valence-corrected chi connectivity index (χ3v) is 4.21. The van der Waals surface area contributed by atoms with Gasteiger partial charge in [-0.2, -0.15) is 0 Å². The summed E-state index contributed by atoms with van der Waals surface area (Å²) < 4.78 is 0. The molecule has 2 nitrogen and oxygen atoms in total. The van der Waals surface area contributed by atoms with Crippen molar-refractivity contribution >= 4 is 11.8 Å². The van der Waals surface area contributed by atoms with Gasteiger partial charge >= 0.3 is 0 Å². The molecule has 1 aromatic rings. The molecule has 1 saturated heterocycles. The van der Waals surface area contributed by atoms with Gasteiger partial charge in [0.25, 0.3) is 0 Å². The molecule has 1 aliphatic heterocycles. The van der Waals surface area contributed by atoms with Gasteiger partial charge in [0.2, 0.25) is 0 Å². The van der Waals surface area contributed by atoms with Crippen molar-refractivity contribution in [2.45, 2.75) is 43.2 Å². The van der Waals surface area contributed by atoms with Crippen molar-refractivity contribution < 1.29 is 0 Å². The summed E-state index contributed by atoms with van der Waals surface area (Å²) in [7, 11) is 0. The summed E-state index contributed by atoms with van der Waals surface area (Å²) >= 11 is 1.88. The van der Waals surface area contributed by atoms with Gasteiger partial charge in [0, 0.05) is 17.0 Å². The van der Waals surface area contributed by atoms with Gasteiger partial charge in [-0.05, 0) is 49.3 Å². The summed E-state index contributed by atoms with van der Waals surface area (Å²) in [6.07, 6.45) is 3.63. The lowest BCUT2D eigenvalue weighted by atomic mass is 9.99. The molecule has 1 heterocycles. The second-order valence-corrected chi connectivity index (χ2v) is 5.97. The normalized spacial score (nSPS) is 21.6. The predicted octanol–water partition coefficient (Wildman–Crippen LogP) is 2.94. The smallest absolute Gasteiger partial charge is 0.0309 e. The van der Waals surface area contributed by atoms with E-state index < -0.39 is 0 Å². The molecule has 1 fully saturated rings. The third-order valence-electron chi connectivity index (χ3n) is 3.32. The highest BCUT2D eigenvalue weighted by Gasteiger charge is 2.18. The van der Waals surface area contributed by atoms with Crippen LogP contribution in [0.2, 0.25) is 0 Å². The largest absolute Gasteiger partial charge is 0.324 e. The highest BCUT2D eigenvalue weighted by Crippen LogP contribution is 2.23. The molecule has 1 aliphatic rings. The molecular formula is C14H22N2S. The lowest BCUT2D eigenvalue weighted by Gasteiger charge is -2.17. The fourth-order valence-electron chi connectivity index (χ4n) is 2.38. The Bertz CT molecular complexity index is 331. The van der Waals surface area contributed by atoms with E-state index in [0.717, 1.165) is 18.7 Å². The van der Waals surface area contributed by atoms with Crippen molar-refractivity contribution in [2.75, 3.05) is 12.3 Å². The van der Waals surface area contributed by atoms with Gasteiger partial charge in [-0.25, -0.2) is 0 Å². The van der Waals surface area contributed by atoms with E-state index in [1.54, 1.807) is 0 Å². The van der Waals surface area contributed by atoms with E-state index in [9.17, 15) is 0 Å². The van der Waals surface area contributed by atoms with E-state index >= 15 is 0 Å². The zero-order chi connectivity index (χ0) is 12.1. The number of hydrogen-bond acceptors (Lipinski definition) is 3. The van der Waals surface area contributed by atoms with Crippen LogP contribution in [0.25, 0.3) is 0 Å². The minimum absolute atomic E-state index is 0.172. The van der Waals surface area contributed by atoms with Gasteiger partial charge in [-0.15, -0.1) is 11.8 Å². The van der Waals surface area contributed by atoms with E-state index in [4.69, 9.17) is 5.73 Å². The van der Waals surface area contributed by atoms with Crippen LogP contribution in [0, 0.1) is 0 Å². The van der Waals surface area contributed by atoms with E-state index in [-0.39, 0.29) is 6.04 Å². The van der Waals surface area contributed by atoms with Crippen molar-refractivity contribution in [3.63, 3.8) is 0 Å². The molecule has 3 heteroatoms. The Labute approximate surface area is 108 Å². The third kappa shape index (κ3) is 3.73. The second kappa shape index (κ2) is 6.43. The first-order chi connectivity index (χ1) is 8.29. The maximum Gasteiger partial charge on any atom is 0.0309 e. The van der Waals surface area contributed by atoms with E-state index in [1.165, 1.54) is 23.3 Å². The zero-order valence-corrected chi connectivity index (χ0v) is 11.3. The average molecular weight is 250 g/mol. The number of nitrogens with two attached hydrogens (primary N) is 1. The Morgan fingerprint density at radius 1 is 1.41 bits per heavy atom. The number of rotatable bonds is 5. The van der Waals surface area contributed by atoms with Gasteiger partial charge in [-0.1, -0.05) is 19.1 Å². The quantitative estimate of drug-likeness (QED) is 0.789. The molecule has 0 saturated carbocycles. The lowest BCUT2D eigenvalue weighted by molar-refractivity contribution is 0.499. The zero-order valence-electron chi connectivity index (χ0n) is 10.5. The van der Waals surface area contributed by atoms with Crippen LogP contribution in [-0.2, 0) is 0 Å². The monoisotopic (exact) mass is 250 g/mol. The van der Waals surface area contributed by atoms with Crippen LogP contribution < -0.4 is 11.1 Å². The minimum Gasteiger partial charge on any atom is -0.324 e. The van der Waals surface area contributed by atoms with Crippen molar-refractivity contribution in [1.82, 2.24) is 5.32 Å². The Morgan fingerprint density at radius 3 is 2.76 bits per heavy atom. The van der Waals surface area contributed by atoms with Crippen LogP contribution in [0.4, 0.5) is 0 Å². The van der Waals surface area contributed by atoms with Crippen molar-refractivity contribution in [2.24, 2.45) is 5.73 Å². The average Bonchev–Trinajstić information content (AvgIpc) is 2.83. The van der Waals surface area contributed by atoms with Crippen molar-refractivity contribution in [3.05, 3.63) is 29.8 Å². The van der Waals surface area contributed by atoms with Crippen LogP contribution >= 0.6 is 11.8 Å². The molecular weight excluding hydrogens is 228 g/mol. The van der Waals surface area contributed by atoms with Crippen molar-refractivity contribution in [1.29, 1.82) is 0 Å². The Morgan fingerprint density at radius 2 is 2.18 bits per heavy atom. The molecule has 0 aromatic heterocycles. The summed E-state index contributed by atoms with van der Waals surface area (Å²) in [6, 6.07) is 9.52. The molecule has 2 atom stereocenters. The molecule has 0 bridgehead atoms. The SMILES string of the molecule is CCSc1ccc(C(N)CC2CCCN2)cc1. The fourth-order valence-corrected chi connectivity index (χ4v) is 3.04. The first kappa shape index (κ1) is 12.9. The molecule has 17 heavy (non-hydrogen) atoms. The van der Waals surface area contributed by atoms with Crippen LogP contribution in [-0.4, -0.2) is 18.3 Å². The Kier molecular flexibility index (Phi) is 4.89. The van der Waals surface area contributed by atoms with Crippen LogP contribution in [0.15, 0.2) is 29.2 Å².